The molecule has 3 nitrogen and oxygen atoms in total. The molecule has 0 aromatic heterocycles. The van der Waals surface area contributed by atoms with Gasteiger partial charge in [-0.25, -0.2) is 4.99 Å². The van der Waals surface area contributed by atoms with Gasteiger partial charge in [-0.2, -0.15) is 0 Å². The summed E-state index contributed by atoms with van der Waals surface area (Å²) < 4.78 is 0. The fourth-order valence-corrected chi connectivity index (χ4v) is 11.0. The number of nitrogens with one attached hydrogen (secondary N) is 1. The van der Waals surface area contributed by atoms with Crippen molar-refractivity contribution in [2.24, 2.45) is 4.99 Å². The van der Waals surface area contributed by atoms with E-state index in [0.29, 0.717) is 0 Å². The number of rotatable bonds is 7. The minimum Gasteiger partial charge on any atom is -0.359 e. The van der Waals surface area contributed by atoms with Crippen molar-refractivity contribution in [3.05, 3.63) is 300 Å². The van der Waals surface area contributed by atoms with Gasteiger partial charge in [0.2, 0.25) is 0 Å². The number of amidine groups is 1. The Labute approximate surface area is 397 Å². The van der Waals surface area contributed by atoms with E-state index < -0.39 is 5.41 Å². The summed E-state index contributed by atoms with van der Waals surface area (Å²) in [5, 5.41) is 3.81. The van der Waals surface area contributed by atoms with Crippen LogP contribution in [0.25, 0.3) is 50.2 Å². The van der Waals surface area contributed by atoms with Gasteiger partial charge >= 0.3 is 0 Å². The molecule has 1 N–H and O–H groups in total. The van der Waals surface area contributed by atoms with E-state index in [1.54, 1.807) is 0 Å². The van der Waals surface area contributed by atoms with Crippen molar-refractivity contribution in [2.75, 3.05) is 4.90 Å². The van der Waals surface area contributed by atoms with E-state index in [1.165, 1.54) is 72.6 Å². The monoisotopic (exact) mass is 867 g/mol. The molecule has 68 heavy (non-hydrogen) atoms. The lowest BCUT2D eigenvalue weighted by atomic mass is 9.64. The Kier molecular flexibility index (Phi) is 9.47. The van der Waals surface area contributed by atoms with E-state index in [1.807, 2.05) is 0 Å². The first-order valence-electron chi connectivity index (χ1n) is 23.5. The first kappa shape index (κ1) is 39.6. The van der Waals surface area contributed by atoms with E-state index in [4.69, 9.17) is 4.99 Å². The molecule has 10 aromatic rings. The van der Waals surface area contributed by atoms with Gasteiger partial charge in [0.25, 0.3) is 0 Å². The van der Waals surface area contributed by atoms with Crippen molar-refractivity contribution in [1.29, 1.82) is 0 Å². The zero-order valence-electron chi connectivity index (χ0n) is 37.3. The number of hydrogen-bond acceptors (Lipinski definition) is 3. The Hall–Kier alpha value is -8.79. The van der Waals surface area contributed by atoms with Gasteiger partial charge in [0.1, 0.15) is 5.84 Å². The highest BCUT2D eigenvalue weighted by Gasteiger charge is 2.51. The van der Waals surface area contributed by atoms with Gasteiger partial charge in [0.05, 0.1) is 28.5 Å². The number of anilines is 3. The molecule has 0 fully saturated rings. The van der Waals surface area contributed by atoms with Gasteiger partial charge in [0.15, 0.2) is 0 Å². The average molecular weight is 868 g/mol. The third-order valence-electron chi connectivity index (χ3n) is 14.1. The van der Waals surface area contributed by atoms with Crippen LogP contribution >= 0.6 is 0 Å². The highest BCUT2D eigenvalue weighted by atomic mass is 15.2. The topological polar surface area (TPSA) is 27.6 Å². The maximum atomic E-state index is 5.26. The van der Waals surface area contributed by atoms with Crippen LogP contribution in [-0.4, -0.2) is 5.84 Å². The molecule has 320 valence electrons. The summed E-state index contributed by atoms with van der Waals surface area (Å²) in [4.78, 5) is 7.70. The molecule has 3 heteroatoms. The fourth-order valence-electron chi connectivity index (χ4n) is 11.0. The third kappa shape index (κ3) is 6.47. The first-order chi connectivity index (χ1) is 33.7. The Bertz CT molecular complexity index is 3540. The number of hydrogen-bond donors (Lipinski definition) is 1. The van der Waals surface area contributed by atoms with Crippen LogP contribution in [0.5, 0.6) is 0 Å². The standard InChI is InChI=1S/C65H45N3/c1-4-18-44(19-5-1)45-34-36-47(37-35-45)61-43-60(46-20-6-2-7-21-46)66-64(67-61)52-25-17-24-50(41-52)48-22-16-23-49(40-48)51-38-39-57-55(42-51)54-28-10-11-29-56(54)65(57)58-30-12-14-32-62(58)68(53-26-8-3-9-27-53)63-33-15-13-31-59(63)65/h1-43,61H,(H,66,67). The number of benzene rings is 10. The van der Waals surface area contributed by atoms with Gasteiger partial charge in [-0.05, 0) is 126 Å². The summed E-state index contributed by atoms with van der Waals surface area (Å²) in [5.74, 6) is 0.852. The average Bonchev–Trinajstić information content (AvgIpc) is 3.71. The molecule has 0 saturated heterocycles. The Morgan fingerprint density at radius 1 is 0.353 bits per heavy atom. The lowest BCUT2D eigenvalue weighted by Crippen LogP contribution is -2.36. The van der Waals surface area contributed by atoms with Crippen LogP contribution < -0.4 is 10.2 Å². The number of aliphatic imine (C=N–C) groups is 1. The lowest BCUT2D eigenvalue weighted by Gasteiger charge is -2.45. The Morgan fingerprint density at radius 2 is 0.824 bits per heavy atom. The van der Waals surface area contributed by atoms with Crippen molar-refractivity contribution in [1.82, 2.24) is 5.32 Å². The predicted molar refractivity (Wildman–Crippen MR) is 282 cm³/mol. The number of fused-ring (bicyclic) bond motifs is 9. The highest BCUT2D eigenvalue weighted by molar-refractivity contribution is 6.04. The molecular formula is C65H45N3. The van der Waals surface area contributed by atoms with Crippen LogP contribution in [0.4, 0.5) is 17.1 Å². The molecule has 1 unspecified atom stereocenters. The molecule has 2 heterocycles. The molecular weight excluding hydrogens is 823 g/mol. The van der Waals surface area contributed by atoms with E-state index in [2.05, 4.69) is 271 Å². The largest absolute Gasteiger partial charge is 0.359 e. The van der Waals surface area contributed by atoms with Crippen molar-refractivity contribution in [3.63, 3.8) is 0 Å². The molecule has 2 aliphatic heterocycles. The summed E-state index contributed by atoms with van der Waals surface area (Å²) in [6.07, 6.45) is 2.24. The molecule has 3 aliphatic rings. The van der Waals surface area contributed by atoms with Gasteiger partial charge in [-0.15, -0.1) is 0 Å². The highest BCUT2D eigenvalue weighted by Crippen LogP contribution is 2.63. The smallest absolute Gasteiger partial charge is 0.134 e. The van der Waals surface area contributed by atoms with Crippen molar-refractivity contribution in [3.8, 4) is 44.5 Å². The summed E-state index contributed by atoms with van der Waals surface area (Å²) in [6.45, 7) is 0. The van der Waals surface area contributed by atoms with Crippen molar-refractivity contribution in [2.45, 2.75) is 11.5 Å². The summed E-state index contributed by atoms with van der Waals surface area (Å²) in [7, 11) is 0. The minimum absolute atomic E-state index is 0.0584. The van der Waals surface area contributed by atoms with Gasteiger partial charge < -0.3 is 10.2 Å². The van der Waals surface area contributed by atoms with Crippen LogP contribution in [0.1, 0.15) is 45.0 Å². The molecule has 0 saturated carbocycles. The van der Waals surface area contributed by atoms with Crippen LogP contribution in [0, 0.1) is 0 Å². The van der Waals surface area contributed by atoms with E-state index in [-0.39, 0.29) is 6.04 Å². The molecule has 0 amide bonds. The second kappa shape index (κ2) is 16.3. The predicted octanol–water partition coefficient (Wildman–Crippen LogP) is 16.0. The van der Waals surface area contributed by atoms with Gasteiger partial charge in [-0.1, -0.05) is 212 Å². The Balaban J connectivity index is 0.870. The SMILES string of the molecule is C1=C(c2ccccc2)N=C(c2cccc(-c3cccc(-c4ccc5c(c4)-c4ccccc4C54c5ccccc5N(c5ccccc5)c5ccccc54)c3)c2)NC1c1ccc(-c2ccccc2)cc1. The molecule has 0 bridgehead atoms. The van der Waals surface area contributed by atoms with Crippen LogP contribution in [0.2, 0.25) is 0 Å². The van der Waals surface area contributed by atoms with Gasteiger partial charge in [0, 0.05) is 11.3 Å². The summed E-state index contributed by atoms with van der Waals surface area (Å²) in [5.41, 5.74) is 22.2. The van der Waals surface area contributed by atoms with Crippen molar-refractivity contribution >= 4 is 28.6 Å². The molecule has 0 radical (unpaired) electrons. The van der Waals surface area contributed by atoms with Crippen LogP contribution in [0.3, 0.4) is 0 Å². The first-order valence-corrected chi connectivity index (χ1v) is 23.5. The molecule has 1 aliphatic carbocycles. The Morgan fingerprint density at radius 3 is 1.49 bits per heavy atom. The fraction of sp³-hybridized carbons (Fsp3) is 0.0308. The number of para-hydroxylation sites is 3. The second-order valence-electron chi connectivity index (χ2n) is 17.9. The minimum atomic E-state index is -0.485. The van der Waals surface area contributed by atoms with E-state index >= 15 is 0 Å². The number of nitrogens with zero attached hydrogens (tertiary/aromatic N) is 2. The zero-order valence-corrected chi connectivity index (χ0v) is 37.3. The third-order valence-corrected chi connectivity index (χ3v) is 14.1. The van der Waals surface area contributed by atoms with Gasteiger partial charge in [-0.3, -0.25) is 0 Å². The molecule has 13 rings (SSSR count). The van der Waals surface area contributed by atoms with E-state index in [0.717, 1.165) is 39.5 Å². The molecule has 1 spiro atoms. The maximum absolute atomic E-state index is 5.26. The lowest BCUT2D eigenvalue weighted by molar-refractivity contribution is 0.753. The molecule has 10 aromatic carbocycles. The van der Waals surface area contributed by atoms with Crippen molar-refractivity contribution < 1.29 is 0 Å². The normalized spacial score (nSPS) is 15.0. The maximum Gasteiger partial charge on any atom is 0.134 e. The van der Waals surface area contributed by atoms with Crippen LogP contribution in [0.15, 0.2) is 266 Å². The summed E-state index contributed by atoms with van der Waals surface area (Å²) in [6, 6.07) is 92.6. The molecule has 1 atom stereocenters. The quantitative estimate of drug-likeness (QED) is 0.173. The second-order valence-corrected chi connectivity index (χ2v) is 17.9. The van der Waals surface area contributed by atoms with E-state index in [9.17, 15) is 0 Å². The summed E-state index contributed by atoms with van der Waals surface area (Å²) >= 11 is 0. The zero-order chi connectivity index (χ0) is 45.0. The van der Waals surface area contributed by atoms with Crippen LogP contribution in [-0.2, 0) is 5.41 Å².